The van der Waals surface area contributed by atoms with Crippen LogP contribution in [0, 0.1) is 20.2 Å². The highest BCUT2D eigenvalue weighted by Gasteiger charge is 2.45. The van der Waals surface area contributed by atoms with Crippen LogP contribution < -0.4 is 0 Å². The Morgan fingerprint density at radius 1 is 1.00 bits per heavy atom. The predicted octanol–water partition coefficient (Wildman–Crippen LogP) is 5.38. The molecule has 0 aliphatic rings. The number of carboxylic acid groups (broad SMARTS) is 1. The van der Waals surface area contributed by atoms with Gasteiger partial charge in [-0.25, -0.2) is 0 Å². The molecule has 0 aliphatic heterocycles. The van der Waals surface area contributed by atoms with Crippen LogP contribution >= 0.6 is 0 Å². The molecule has 8 heteroatoms. The number of para-hydroxylation sites is 1. The molecule has 1 unspecified atom stereocenters. The lowest BCUT2D eigenvalue weighted by Crippen LogP contribution is -2.36. The molecule has 0 amide bonds. The van der Waals surface area contributed by atoms with E-state index in [0.29, 0.717) is 6.42 Å². The lowest BCUT2D eigenvalue weighted by molar-refractivity contribution is -0.423. The molecule has 0 aliphatic carbocycles. The normalized spacial score (nSPS) is 13.1. The van der Waals surface area contributed by atoms with Gasteiger partial charge < -0.3 is 5.11 Å². The Labute approximate surface area is 158 Å². The summed E-state index contributed by atoms with van der Waals surface area (Å²) in [6.45, 7) is 3.78. The number of aliphatic carboxylic acids is 1. The summed E-state index contributed by atoms with van der Waals surface area (Å²) in [5.74, 6) is -1.18. The third-order valence-electron chi connectivity index (χ3n) is 5.13. The summed E-state index contributed by atoms with van der Waals surface area (Å²) in [4.78, 5) is 33.2. The van der Waals surface area contributed by atoms with Crippen molar-refractivity contribution in [3.63, 3.8) is 0 Å². The van der Waals surface area contributed by atoms with Gasteiger partial charge in [-0.2, -0.15) is 0 Å². The number of nitro groups is 2. The quantitative estimate of drug-likeness (QED) is 0.278. The van der Waals surface area contributed by atoms with Crippen LogP contribution in [-0.2, 0) is 10.2 Å². The molecule has 0 saturated carbocycles. The van der Waals surface area contributed by atoms with Gasteiger partial charge in [0.1, 0.15) is 0 Å². The third kappa shape index (κ3) is 5.48. The van der Waals surface area contributed by atoms with E-state index in [2.05, 4.69) is 6.92 Å². The van der Waals surface area contributed by atoms with E-state index >= 15 is 0 Å². The van der Waals surface area contributed by atoms with Gasteiger partial charge in [-0.05, 0) is 12.8 Å². The number of nitrogens with zero attached hydrogens (tertiary/aromatic N) is 2. The number of carbonyl (C=O) groups is 1. The second kappa shape index (κ2) is 10.6. The molecule has 0 bridgehead atoms. The van der Waals surface area contributed by atoms with Crippen LogP contribution in [0.15, 0.2) is 18.2 Å². The summed E-state index contributed by atoms with van der Waals surface area (Å²) < 4.78 is 0. The van der Waals surface area contributed by atoms with Crippen molar-refractivity contribution in [1.29, 1.82) is 0 Å². The average molecular weight is 380 g/mol. The molecule has 0 heterocycles. The van der Waals surface area contributed by atoms with Gasteiger partial charge in [0.2, 0.25) is 0 Å². The Kier molecular flexibility index (Phi) is 8.84. The highest BCUT2D eigenvalue weighted by molar-refractivity contribution is 5.84. The monoisotopic (exact) mass is 380 g/mol. The predicted molar refractivity (Wildman–Crippen MR) is 102 cm³/mol. The van der Waals surface area contributed by atoms with Crippen LogP contribution in [0.4, 0.5) is 11.4 Å². The van der Waals surface area contributed by atoms with Crippen LogP contribution in [0.3, 0.4) is 0 Å². The van der Waals surface area contributed by atoms with Gasteiger partial charge in [-0.3, -0.25) is 25.0 Å². The molecular weight excluding hydrogens is 352 g/mol. The van der Waals surface area contributed by atoms with Gasteiger partial charge in [0, 0.05) is 6.07 Å². The maximum Gasteiger partial charge on any atom is 0.350 e. The summed E-state index contributed by atoms with van der Waals surface area (Å²) in [7, 11) is 0. The largest absolute Gasteiger partial charge is 0.481 e. The fraction of sp³-hybridized carbons (Fsp3) is 0.632. The Hall–Kier alpha value is -2.51. The molecule has 1 atom stereocenters. The standard InChI is InChI=1S/C19H28N2O6/c1-3-5-6-7-8-9-10-14-19(4-2,18(22)23)15-12-11-13-16(20(24)25)17(15)21(26)27/h11-13H,3-10,14H2,1-2H3,(H,22,23). The molecule has 27 heavy (non-hydrogen) atoms. The lowest BCUT2D eigenvalue weighted by Gasteiger charge is -2.28. The van der Waals surface area contributed by atoms with E-state index in [-0.39, 0.29) is 18.4 Å². The van der Waals surface area contributed by atoms with Crippen molar-refractivity contribution >= 4 is 17.3 Å². The van der Waals surface area contributed by atoms with E-state index in [4.69, 9.17) is 0 Å². The smallest absolute Gasteiger partial charge is 0.350 e. The Bertz CT molecular complexity index is 676. The molecule has 150 valence electrons. The van der Waals surface area contributed by atoms with Crippen molar-refractivity contribution in [2.45, 2.75) is 77.0 Å². The molecule has 1 rings (SSSR count). The summed E-state index contributed by atoms with van der Waals surface area (Å²) >= 11 is 0. The number of rotatable bonds is 13. The number of nitro benzene ring substituents is 2. The van der Waals surface area contributed by atoms with E-state index < -0.39 is 32.6 Å². The van der Waals surface area contributed by atoms with E-state index in [1.807, 2.05) is 0 Å². The zero-order valence-corrected chi connectivity index (χ0v) is 16.0. The molecule has 0 fully saturated rings. The van der Waals surface area contributed by atoms with Crippen LogP contribution in [0.1, 0.15) is 77.2 Å². The van der Waals surface area contributed by atoms with Gasteiger partial charge in [0.25, 0.3) is 0 Å². The number of carboxylic acids is 1. The van der Waals surface area contributed by atoms with Gasteiger partial charge in [-0.1, -0.05) is 70.9 Å². The van der Waals surface area contributed by atoms with E-state index in [1.165, 1.54) is 18.6 Å². The summed E-state index contributed by atoms with van der Waals surface area (Å²) in [6, 6.07) is 3.69. The molecule has 0 radical (unpaired) electrons. The van der Waals surface area contributed by atoms with Crippen LogP contribution in [0.2, 0.25) is 0 Å². The van der Waals surface area contributed by atoms with Crippen molar-refractivity contribution in [3.8, 4) is 0 Å². The van der Waals surface area contributed by atoms with Gasteiger partial charge in [0.15, 0.2) is 0 Å². The number of benzene rings is 1. The fourth-order valence-electron chi connectivity index (χ4n) is 3.52. The third-order valence-corrected chi connectivity index (χ3v) is 5.13. The van der Waals surface area contributed by atoms with Crippen LogP contribution in [-0.4, -0.2) is 20.9 Å². The van der Waals surface area contributed by atoms with Crippen molar-refractivity contribution in [2.75, 3.05) is 0 Å². The summed E-state index contributed by atoms with van der Waals surface area (Å²) in [5.41, 5.74) is -2.97. The average Bonchev–Trinajstić information content (AvgIpc) is 2.63. The van der Waals surface area contributed by atoms with Crippen LogP contribution in [0.25, 0.3) is 0 Å². The van der Waals surface area contributed by atoms with Crippen molar-refractivity contribution in [2.24, 2.45) is 0 Å². The van der Waals surface area contributed by atoms with Crippen molar-refractivity contribution in [1.82, 2.24) is 0 Å². The van der Waals surface area contributed by atoms with E-state index in [9.17, 15) is 30.1 Å². The minimum atomic E-state index is -1.50. The minimum absolute atomic E-state index is 0.0808. The second-order valence-corrected chi connectivity index (χ2v) is 6.80. The molecule has 0 saturated heterocycles. The zero-order chi connectivity index (χ0) is 20.4. The highest BCUT2D eigenvalue weighted by atomic mass is 16.6. The maximum atomic E-state index is 12.1. The highest BCUT2D eigenvalue weighted by Crippen LogP contribution is 2.43. The zero-order valence-electron chi connectivity index (χ0n) is 16.0. The SMILES string of the molecule is CCCCCCCCCC(CC)(C(=O)O)c1cccc([N+](=O)[O-])c1[N+](=O)[O-]. The molecule has 1 aromatic carbocycles. The van der Waals surface area contributed by atoms with Crippen molar-refractivity contribution in [3.05, 3.63) is 44.0 Å². The molecule has 8 nitrogen and oxygen atoms in total. The molecule has 1 aromatic rings. The van der Waals surface area contributed by atoms with Gasteiger partial charge >= 0.3 is 17.3 Å². The second-order valence-electron chi connectivity index (χ2n) is 6.80. The number of unbranched alkanes of at least 4 members (excludes halogenated alkanes) is 6. The Morgan fingerprint density at radius 2 is 1.59 bits per heavy atom. The van der Waals surface area contributed by atoms with E-state index in [1.54, 1.807) is 6.92 Å². The number of hydrogen-bond acceptors (Lipinski definition) is 5. The first-order chi connectivity index (χ1) is 12.8. The molecule has 0 aromatic heterocycles. The summed E-state index contributed by atoms with van der Waals surface area (Å²) in [5, 5.41) is 32.6. The Balaban J connectivity index is 3.13. The first kappa shape index (κ1) is 22.5. The summed E-state index contributed by atoms with van der Waals surface area (Å²) in [6.07, 6.45) is 7.31. The van der Waals surface area contributed by atoms with Gasteiger partial charge in [-0.15, -0.1) is 0 Å². The fourth-order valence-corrected chi connectivity index (χ4v) is 3.52. The number of hydrogen-bond donors (Lipinski definition) is 1. The Morgan fingerprint density at radius 3 is 2.07 bits per heavy atom. The van der Waals surface area contributed by atoms with Crippen molar-refractivity contribution < 1.29 is 19.7 Å². The lowest BCUT2D eigenvalue weighted by atomic mass is 9.73. The molecule has 1 N–H and O–H groups in total. The van der Waals surface area contributed by atoms with Gasteiger partial charge in [0.05, 0.1) is 20.8 Å². The minimum Gasteiger partial charge on any atom is -0.481 e. The van der Waals surface area contributed by atoms with E-state index in [0.717, 1.165) is 38.2 Å². The molecular formula is C19H28N2O6. The first-order valence-electron chi connectivity index (χ1n) is 9.47. The maximum absolute atomic E-state index is 12.1. The first-order valence-corrected chi connectivity index (χ1v) is 9.47. The van der Waals surface area contributed by atoms with Crippen LogP contribution in [0.5, 0.6) is 0 Å². The topological polar surface area (TPSA) is 124 Å². The molecule has 0 spiro atoms.